The molecule has 1 N–H and O–H groups in total. The maximum Gasteiger partial charge on any atom is 0.249 e. The molecule has 0 aliphatic rings. The molecule has 27 heavy (non-hydrogen) atoms. The van der Waals surface area contributed by atoms with E-state index in [4.69, 9.17) is 11.6 Å². The van der Waals surface area contributed by atoms with Gasteiger partial charge in [0.25, 0.3) is 0 Å². The summed E-state index contributed by atoms with van der Waals surface area (Å²) in [5.41, 5.74) is 4.87. The van der Waals surface area contributed by atoms with E-state index in [1.54, 1.807) is 10.9 Å². The number of hydrogen-bond acceptors (Lipinski definition) is 3. The number of carbonyl (C=O) groups is 1. The van der Waals surface area contributed by atoms with Crippen molar-refractivity contribution in [2.45, 2.75) is 46.7 Å². The summed E-state index contributed by atoms with van der Waals surface area (Å²) in [6.07, 6.45) is 3.81. The fourth-order valence-corrected chi connectivity index (χ4v) is 3.23. The number of rotatable bonds is 6. The predicted molar refractivity (Wildman–Crippen MR) is 107 cm³/mol. The molecule has 7 heteroatoms. The number of aryl methyl sites for hydroxylation is 2. The Morgan fingerprint density at radius 2 is 1.93 bits per heavy atom. The van der Waals surface area contributed by atoms with E-state index in [2.05, 4.69) is 46.7 Å². The molecule has 2 aromatic heterocycles. The van der Waals surface area contributed by atoms with Crippen LogP contribution < -0.4 is 5.32 Å². The average molecular weight is 386 g/mol. The monoisotopic (exact) mass is 385 g/mol. The molecule has 0 bridgehead atoms. The lowest BCUT2D eigenvalue weighted by Gasteiger charge is -2.15. The molecule has 142 valence electrons. The Labute approximate surface area is 164 Å². The third-order valence-electron chi connectivity index (χ3n) is 4.66. The summed E-state index contributed by atoms with van der Waals surface area (Å²) in [4.78, 5) is 12.8. The fourth-order valence-electron chi connectivity index (χ4n) is 3.08. The molecule has 1 unspecified atom stereocenters. The van der Waals surface area contributed by atoms with Gasteiger partial charge in [-0.05, 0) is 32.8 Å². The van der Waals surface area contributed by atoms with Crippen molar-refractivity contribution in [3.8, 4) is 0 Å². The molecule has 1 atom stereocenters. The highest BCUT2D eigenvalue weighted by Crippen LogP contribution is 2.23. The highest BCUT2D eigenvalue weighted by atomic mass is 35.5. The Morgan fingerprint density at radius 3 is 2.52 bits per heavy atom. The van der Waals surface area contributed by atoms with Gasteiger partial charge in [0.1, 0.15) is 6.04 Å². The number of benzene rings is 1. The van der Waals surface area contributed by atoms with Crippen LogP contribution in [-0.4, -0.2) is 25.5 Å². The molecule has 0 saturated carbocycles. The summed E-state index contributed by atoms with van der Waals surface area (Å²) < 4.78 is 3.51. The highest BCUT2D eigenvalue weighted by Gasteiger charge is 2.22. The van der Waals surface area contributed by atoms with Crippen LogP contribution in [-0.2, 0) is 11.3 Å². The van der Waals surface area contributed by atoms with Gasteiger partial charge < -0.3 is 5.32 Å². The highest BCUT2D eigenvalue weighted by molar-refractivity contribution is 6.30. The average Bonchev–Trinajstić information content (AvgIpc) is 3.16. The van der Waals surface area contributed by atoms with Gasteiger partial charge in [-0.3, -0.25) is 14.2 Å². The molecule has 0 aliphatic carbocycles. The minimum Gasteiger partial charge on any atom is -0.321 e. The van der Waals surface area contributed by atoms with Crippen molar-refractivity contribution in [1.29, 1.82) is 0 Å². The van der Waals surface area contributed by atoms with Gasteiger partial charge in [0.2, 0.25) is 5.91 Å². The first-order valence-electron chi connectivity index (χ1n) is 8.99. The van der Waals surface area contributed by atoms with Gasteiger partial charge in [-0.25, -0.2) is 0 Å². The second kappa shape index (κ2) is 7.96. The maximum absolute atomic E-state index is 12.8. The van der Waals surface area contributed by atoms with E-state index < -0.39 is 6.04 Å². The van der Waals surface area contributed by atoms with Crippen molar-refractivity contribution in [3.05, 3.63) is 64.2 Å². The zero-order valence-corrected chi connectivity index (χ0v) is 16.8. The van der Waals surface area contributed by atoms with E-state index in [1.165, 1.54) is 17.3 Å². The zero-order valence-electron chi connectivity index (χ0n) is 16.0. The molecule has 2 heterocycles. The molecule has 3 aromatic rings. The predicted octanol–water partition coefficient (Wildman–Crippen LogP) is 4.30. The smallest absolute Gasteiger partial charge is 0.249 e. The van der Waals surface area contributed by atoms with Crippen LogP contribution >= 0.6 is 11.6 Å². The first-order valence-corrected chi connectivity index (χ1v) is 9.37. The van der Waals surface area contributed by atoms with Crippen LogP contribution in [0.2, 0.25) is 5.02 Å². The molecule has 0 aliphatic heterocycles. The Morgan fingerprint density at radius 1 is 1.22 bits per heavy atom. The van der Waals surface area contributed by atoms with Crippen molar-refractivity contribution in [3.63, 3.8) is 0 Å². The van der Waals surface area contributed by atoms with E-state index in [9.17, 15) is 4.79 Å². The summed E-state index contributed by atoms with van der Waals surface area (Å²) >= 11 is 5.94. The Bertz CT molecular complexity index is 942. The van der Waals surface area contributed by atoms with E-state index >= 15 is 0 Å². The quantitative estimate of drug-likeness (QED) is 0.688. The first kappa shape index (κ1) is 19.2. The number of carbonyl (C=O) groups excluding carboxylic acids is 1. The normalized spacial score (nSPS) is 12.2. The van der Waals surface area contributed by atoms with Gasteiger partial charge in [0, 0.05) is 6.20 Å². The Hall–Kier alpha value is -2.60. The van der Waals surface area contributed by atoms with Crippen molar-refractivity contribution in [2.24, 2.45) is 0 Å². The Balaban J connectivity index is 1.79. The number of hydrogen-bond donors (Lipinski definition) is 1. The largest absolute Gasteiger partial charge is 0.321 e. The van der Waals surface area contributed by atoms with Crippen LogP contribution in [0.15, 0.2) is 36.7 Å². The van der Waals surface area contributed by atoms with Crippen LogP contribution in [0, 0.1) is 20.8 Å². The van der Waals surface area contributed by atoms with Gasteiger partial charge in [-0.2, -0.15) is 10.2 Å². The molecule has 1 amide bonds. The summed E-state index contributed by atoms with van der Waals surface area (Å²) in [6, 6.07) is 7.95. The van der Waals surface area contributed by atoms with Crippen LogP contribution in [0.25, 0.3) is 0 Å². The lowest BCUT2D eigenvalue weighted by atomic mass is 10.1. The molecule has 0 fully saturated rings. The van der Waals surface area contributed by atoms with Gasteiger partial charge >= 0.3 is 0 Å². The summed E-state index contributed by atoms with van der Waals surface area (Å²) in [5.74, 6) is -0.127. The van der Waals surface area contributed by atoms with E-state index in [-0.39, 0.29) is 5.91 Å². The van der Waals surface area contributed by atoms with Crippen LogP contribution in [0.3, 0.4) is 0 Å². The number of nitrogens with zero attached hydrogens (tertiary/aromatic N) is 4. The van der Waals surface area contributed by atoms with E-state index in [1.807, 2.05) is 25.5 Å². The van der Waals surface area contributed by atoms with Crippen LogP contribution in [0.5, 0.6) is 0 Å². The van der Waals surface area contributed by atoms with Gasteiger partial charge in [0.05, 0.1) is 34.8 Å². The Kier molecular flexibility index (Phi) is 5.65. The minimum absolute atomic E-state index is 0.127. The molecule has 0 radical (unpaired) electrons. The van der Waals surface area contributed by atoms with Gasteiger partial charge in [-0.1, -0.05) is 48.4 Å². The SMILES string of the molecule is CCC(C(=O)Nc1c(C)nn(Cc2ccc(C)cc2)c1C)n1cc(Cl)cn1. The summed E-state index contributed by atoms with van der Waals surface area (Å²) in [7, 11) is 0. The number of anilines is 1. The van der Waals surface area contributed by atoms with Crippen molar-refractivity contribution in [2.75, 3.05) is 5.32 Å². The standard InChI is InChI=1S/C20H24ClN5O/c1-5-18(26-12-17(21)10-22-26)20(27)23-19-14(3)24-25(15(19)4)11-16-8-6-13(2)7-9-16/h6-10,12,18H,5,11H2,1-4H3,(H,23,27). The second-order valence-corrected chi connectivity index (χ2v) is 7.18. The lowest BCUT2D eigenvalue weighted by molar-refractivity contribution is -0.119. The van der Waals surface area contributed by atoms with Crippen molar-refractivity contribution < 1.29 is 4.79 Å². The molecule has 1 aromatic carbocycles. The minimum atomic E-state index is -0.420. The number of halogens is 1. The molecular formula is C20H24ClN5O. The first-order chi connectivity index (χ1) is 12.9. The molecule has 0 saturated heterocycles. The second-order valence-electron chi connectivity index (χ2n) is 6.74. The topological polar surface area (TPSA) is 64.7 Å². The number of nitrogens with one attached hydrogen (secondary N) is 1. The van der Waals surface area contributed by atoms with Crippen LogP contribution in [0.4, 0.5) is 5.69 Å². The maximum atomic E-state index is 12.8. The molecule has 0 spiro atoms. The van der Waals surface area contributed by atoms with Gasteiger partial charge in [0.15, 0.2) is 0 Å². The molecular weight excluding hydrogens is 362 g/mol. The number of aromatic nitrogens is 4. The third kappa shape index (κ3) is 4.22. The fraction of sp³-hybridized carbons (Fsp3) is 0.350. The lowest BCUT2D eigenvalue weighted by Crippen LogP contribution is -2.26. The van der Waals surface area contributed by atoms with E-state index in [0.29, 0.717) is 18.0 Å². The summed E-state index contributed by atoms with van der Waals surface area (Å²) in [6.45, 7) is 8.54. The van der Waals surface area contributed by atoms with Gasteiger partial charge in [-0.15, -0.1) is 0 Å². The molecule has 3 rings (SSSR count). The molecule has 6 nitrogen and oxygen atoms in total. The zero-order chi connectivity index (χ0) is 19.6. The van der Waals surface area contributed by atoms with E-state index in [0.717, 1.165) is 17.1 Å². The van der Waals surface area contributed by atoms with Crippen LogP contribution in [0.1, 0.15) is 41.9 Å². The summed E-state index contributed by atoms with van der Waals surface area (Å²) in [5, 5.41) is 12.3. The van der Waals surface area contributed by atoms with Crippen molar-refractivity contribution >= 4 is 23.2 Å². The van der Waals surface area contributed by atoms with Crippen molar-refractivity contribution in [1.82, 2.24) is 19.6 Å². The number of amides is 1. The third-order valence-corrected chi connectivity index (χ3v) is 4.86.